The van der Waals surface area contributed by atoms with Crippen LogP contribution in [0, 0.1) is 0 Å². The highest BCUT2D eigenvalue weighted by atomic mass is 16.5. The first-order valence-corrected chi connectivity index (χ1v) is 4.10. The van der Waals surface area contributed by atoms with Crippen molar-refractivity contribution in [1.82, 2.24) is 0 Å². The van der Waals surface area contributed by atoms with Crippen molar-refractivity contribution >= 4 is 5.78 Å². The summed E-state index contributed by atoms with van der Waals surface area (Å²) in [7, 11) is 0. The van der Waals surface area contributed by atoms with Gasteiger partial charge in [-0.2, -0.15) is 0 Å². The molecule has 3 nitrogen and oxygen atoms in total. The zero-order valence-corrected chi connectivity index (χ0v) is 7.59. The standard InChI is InChI=1S/C9H15NO2/c1-7(2)5-8(11)9(10)3-4-12-6-9/h5H,3-4,6,10H2,1-2H3. The second-order valence-electron chi connectivity index (χ2n) is 3.54. The van der Waals surface area contributed by atoms with Crippen molar-refractivity contribution in [3.63, 3.8) is 0 Å². The number of nitrogens with two attached hydrogens (primary N) is 1. The van der Waals surface area contributed by atoms with Crippen molar-refractivity contribution in [2.75, 3.05) is 13.2 Å². The second kappa shape index (κ2) is 3.37. The van der Waals surface area contributed by atoms with Crippen molar-refractivity contribution < 1.29 is 9.53 Å². The van der Waals surface area contributed by atoms with E-state index < -0.39 is 5.54 Å². The third-order valence-corrected chi connectivity index (χ3v) is 1.96. The summed E-state index contributed by atoms with van der Waals surface area (Å²) in [6, 6.07) is 0. The van der Waals surface area contributed by atoms with E-state index in [1.807, 2.05) is 13.8 Å². The molecule has 1 atom stereocenters. The Bertz CT molecular complexity index is 211. The molecule has 0 aromatic carbocycles. The lowest BCUT2D eigenvalue weighted by molar-refractivity contribution is -0.119. The molecule has 0 bridgehead atoms. The maximum absolute atomic E-state index is 11.5. The van der Waals surface area contributed by atoms with Gasteiger partial charge in [-0.05, 0) is 26.3 Å². The van der Waals surface area contributed by atoms with Crippen molar-refractivity contribution in [2.24, 2.45) is 5.73 Å². The van der Waals surface area contributed by atoms with Crippen molar-refractivity contribution in [1.29, 1.82) is 0 Å². The molecule has 3 heteroatoms. The summed E-state index contributed by atoms with van der Waals surface area (Å²) in [5.74, 6) is -0.0139. The van der Waals surface area contributed by atoms with Gasteiger partial charge in [0.15, 0.2) is 5.78 Å². The van der Waals surface area contributed by atoms with E-state index in [9.17, 15) is 4.79 Å². The molecule has 68 valence electrons. The Morgan fingerprint density at radius 2 is 2.25 bits per heavy atom. The minimum atomic E-state index is -0.753. The van der Waals surface area contributed by atoms with Gasteiger partial charge in [0.2, 0.25) is 0 Å². The smallest absolute Gasteiger partial charge is 0.177 e. The van der Waals surface area contributed by atoms with E-state index in [4.69, 9.17) is 10.5 Å². The number of allylic oxidation sites excluding steroid dienone is 1. The van der Waals surface area contributed by atoms with Crippen LogP contribution in [-0.4, -0.2) is 24.5 Å². The highest BCUT2D eigenvalue weighted by Crippen LogP contribution is 2.17. The number of hydrogen-bond acceptors (Lipinski definition) is 3. The van der Waals surface area contributed by atoms with E-state index in [0.29, 0.717) is 19.6 Å². The Morgan fingerprint density at radius 1 is 1.58 bits per heavy atom. The van der Waals surface area contributed by atoms with Crippen molar-refractivity contribution in [2.45, 2.75) is 25.8 Å². The lowest BCUT2D eigenvalue weighted by atomic mass is 9.93. The maximum Gasteiger partial charge on any atom is 0.177 e. The summed E-state index contributed by atoms with van der Waals surface area (Å²) in [5, 5.41) is 0. The fourth-order valence-electron chi connectivity index (χ4n) is 1.18. The van der Waals surface area contributed by atoms with Gasteiger partial charge in [0, 0.05) is 6.61 Å². The third-order valence-electron chi connectivity index (χ3n) is 1.96. The Morgan fingerprint density at radius 3 is 2.67 bits per heavy atom. The molecular formula is C9H15NO2. The lowest BCUT2D eigenvalue weighted by Crippen LogP contribution is -2.47. The number of carbonyl (C=O) groups is 1. The van der Waals surface area contributed by atoms with Gasteiger partial charge in [0.25, 0.3) is 0 Å². The largest absolute Gasteiger partial charge is 0.379 e. The van der Waals surface area contributed by atoms with Crippen LogP contribution in [0.2, 0.25) is 0 Å². The average molecular weight is 169 g/mol. The van der Waals surface area contributed by atoms with Gasteiger partial charge < -0.3 is 10.5 Å². The van der Waals surface area contributed by atoms with E-state index in [1.54, 1.807) is 6.08 Å². The highest BCUT2D eigenvalue weighted by Gasteiger charge is 2.36. The first kappa shape index (κ1) is 9.42. The van der Waals surface area contributed by atoms with E-state index in [2.05, 4.69) is 0 Å². The van der Waals surface area contributed by atoms with Crippen molar-refractivity contribution in [3.05, 3.63) is 11.6 Å². The quantitative estimate of drug-likeness (QED) is 0.617. The number of hydrogen-bond donors (Lipinski definition) is 1. The molecule has 1 fully saturated rings. The molecular weight excluding hydrogens is 154 g/mol. The molecule has 1 aliphatic heterocycles. The normalized spacial score (nSPS) is 28.6. The molecule has 0 amide bonds. The maximum atomic E-state index is 11.5. The summed E-state index contributed by atoms with van der Waals surface area (Å²) in [4.78, 5) is 11.5. The number of rotatable bonds is 2. The van der Waals surface area contributed by atoms with Crippen LogP contribution in [0.1, 0.15) is 20.3 Å². The molecule has 1 rings (SSSR count). The Balaban J connectivity index is 2.68. The minimum absolute atomic E-state index is 0.0139. The van der Waals surface area contributed by atoms with Crippen LogP contribution in [0.4, 0.5) is 0 Å². The predicted molar refractivity (Wildman–Crippen MR) is 46.8 cm³/mol. The molecule has 0 radical (unpaired) electrons. The second-order valence-corrected chi connectivity index (χ2v) is 3.54. The van der Waals surface area contributed by atoms with Crippen LogP contribution in [0.5, 0.6) is 0 Å². The molecule has 1 saturated heterocycles. The van der Waals surface area contributed by atoms with Gasteiger partial charge in [0.1, 0.15) is 5.54 Å². The average Bonchev–Trinajstić information content (AvgIpc) is 2.36. The molecule has 0 aromatic heterocycles. The van der Waals surface area contributed by atoms with Gasteiger partial charge in [-0.15, -0.1) is 0 Å². The molecule has 12 heavy (non-hydrogen) atoms. The summed E-state index contributed by atoms with van der Waals surface area (Å²) in [6.07, 6.45) is 2.23. The Hall–Kier alpha value is -0.670. The summed E-state index contributed by atoms with van der Waals surface area (Å²) in [6.45, 7) is 4.72. The lowest BCUT2D eigenvalue weighted by Gasteiger charge is -2.17. The Kier molecular flexibility index (Phi) is 2.65. The first-order valence-electron chi connectivity index (χ1n) is 4.10. The van der Waals surface area contributed by atoms with Crippen LogP contribution in [0.25, 0.3) is 0 Å². The predicted octanol–water partition coefficient (Wildman–Crippen LogP) is 0.640. The molecule has 1 unspecified atom stereocenters. The van der Waals surface area contributed by atoms with Gasteiger partial charge >= 0.3 is 0 Å². The molecule has 1 heterocycles. The molecule has 1 aliphatic rings. The van der Waals surface area contributed by atoms with Gasteiger partial charge in [-0.3, -0.25) is 4.79 Å². The molecule has 0 aliphatic carbocycles. The molecule has 0 aromatic rings. The number of ketones is 1. The Labute approximate surface area is 72.6 Å². The molecule has 2 N–H and O–H groups in total. The number of carbonyl (C=O) groups excluding carboxylic acids is 1. The van der Waals surface area contributed by atoms with Gasteiger partial charge in [-0.1, -0.05) is 5.57 Å². The summed E-state index contributed by atoms with van der Waals surface area (Å²) < 4.78 is 5.09. The van der Waals surface area contributed by atoms with Crippen molar-refractivity contribution in [3.8, 4) is 0 Å². The first-order chi connectivity index (χ1) is 5.54. The minimum Gasteiger partial charge on any atom is -0.379 e. The van der Waals surface area contributed by atoms with Crippen LogP contribution in [0.3, 0.4) is 0 Å². The van der Waals surface area contributed by atoms with E-state index in [0.717, 1.165) is 5.57 Å². The topological polar surface area (TPSA) is 52.3 Å². The van der Waals surface area contributed by atoms with Crippen LogP contribution in [0.15, 0.2) is 11.6 Å². The SMILES string of the molecule is CC(C)=CC(=O)C1(N)CCOC1. The van der Waals surface area contributed by atoms with Gasteiger partial charge in [-0.25, -0.2) is 0 Å². The van der Waals surface area contributed by atoms with E-state index in [1.165, 1.54) is 0 Å². The fraction of sp³-hybridized carbons (Fsp3) is 0.667. The third kappa shape index (κ3) is 1.93. The van der Waals surface area contributed by atoms with Crippen LogP contribution in [-0.2, 0) is 9.53 Å². The number of ether oxygens (including phenoxy) is 1. The highest BCUT2D eigenvalue weighted by molar-refractivity contribution is 5.98. The van der Waals surface area contributed by atoms with E-state index >= 15 is 0 Å². The summed E-state index contributed by atoms with van der Waals surface area (Å²) in [5.41, 5.74) is 6.06. The monoisotopic (exact) mass is 169 g/mol. The zero-order valence-electron chi connectivity index (χ0n) is 7.59. The van der Waals surface area contributed by atoms with Crippen LogP contribution < -0.4 is 5.73 Å². The van der Waals surface area contributed by atoms with Gasteiger partial charge in [0.05, 0.1) is 6.61 Å². The molecule has 0 saturated carbocycles. The zero-order chi connectivity index (χ0) is 9.19. The van der Waals surface area contributed by atoms with E-state index in [-0.39, 0.29) is 5.78 Å². The molecule has 0 spiro atoms. The fourth-order valence-corrected chi connectivity index (χ4v) is 1.18. The summed E-state index contributed by atoms with van der Waals surface area (Å²) >= 11 is 0. The van der Waals surface area contributed by atoms with Crippen LogP contribution >= 0.6 is 0 Å².